The van der Waals surface area contributed by atoms with Gasteiger partial charge in [0.05, 0.1) is 11.1 Å². The number of aryl methyl sites for hydroxylation is 1. The molecule has 3 heterocycles. The first-order chi connectivity index (χ1) is 8.28. The fraction of sp³-hybridized carbons (Fsp3) is 0.100. The molecule has 0 atom stereocenters. The lowest BCUT2D eigenvalue weighted by molar-refractivity contribution is 0.837. The first kappa shape index (κ1) is 10.2. The second-order valence-electron chi connectivity index (χ2n) is 3.56. The first-order valence-corrected chi connectivity index (χ1v) is 5.90. The predicted octanol–water partition coefficient (Wildman–Crippen LogP) is 1.47. The molecule has 3 aromatic heterocycles. The van der Waals surface area contributed by atoms with E-state index in [1.807, 2.05) is 30.6 Å². The SMILES string of the molecule is Cc1ccn(-c2nc(NN)nc3sccc23)n1. The summed E-state index contributed by atoms with van der Waals surface area (Å²) in [5.41, 5.74) is 3.41. The lowest BCUT2D eigenvalue weighted by Crippen LogP contribution is -2.12. The van der Waals surface area contributed by atoms with Crippen LogP contribution in [0.25, 0.3) is 16.0 Å². The van der Waals surface area contributed by atoms with Gasteiger partial charge in [-0.15, -0.1) is 11.3 Å². The third kappa shape index (κ3) is 1.65. The molecule has 0 unspecified atom stereocenters. The molecule has 86 valence electrons. The number of hydrazine groups is 1. The van der Waals surface area contributed by atoms with Crippen molar-refractivity contribution in [1.29, 1.82) is 0 Å². The van der Waals surface area contributed by atoms with Gasteiger partial charge in [0.15, 0.2) is 5.82 Å². The Morgan fingerprint density at radius 2 is 2.24 bits per heavy atom. The zero-order valence-electron chi connectivity index (χ0n) is 9.08. The average molecular weight is 246 g/mol. The number of thiophene rings is 1. The van der Waals surface area contributed by atoms with Crippen molar-refractivity contribution in [2.75, 3.05) is 5.43 Å². The highest BCUT2D eigenvalue weighted by Gasteiger charge is 2.10. The summed E-state index contributed by atoms with van der Waals surface area (Å²) in [6.07, 6.45) is 1.87. The topological polar surface area (TPSA) is 81.7 Å². The molecule has 3 aromatic rings. The van der Waals surface area contributed by atoms with Gasteiger partial charge in [-0.1, -0.05) is 0 Å². The molecule has 0 saturated carbocycles. The van der Waals surface area contributed by atoms with E-state index in [1.54, 1.807) is 16.0 Å². The fourth-order valence-corrected chi connectivity index (χ4v) is 2.37. The van der Waals surface area contributed by atoms with Crippen LogP contribution in [-0.2, 0) is 0 Å². The summed E-state index contributed by atoms with van der Waals surface area (Å²) >= 11 is 1.54. The molecule has 17 heavy (non-hydrogen) atoms. The van der Waals surface area contributed by atoms with Crippen molar-refractivity contribution >= 4 is 27.5 Å². The second kappa shape index (κ2) is 3.79. The molecule has 0 spiro atoms. The van der Waals surface area contributed by atoms with E-state index < -0.39 is 0 Å². The van der Waals surface area contributed by atoms with Crippen molar-refractivity contribution in [2.45, 2.75) is 6.92 Å². The normalized spacial score (nSPS) is 10.9. The van der Waals surface area contributed by atoms with Crippen LogP contribution in [-0.4, -0.2) is 19.7 Å². The lowest BCUT2D eigenvalue weighted by atomic mass is 10.4. The molecule has 0 aliphatic heterocycles. The minimum Gasteiger partial charge on any atom is -0.292 e. The maximum absolute atomic E-state index is 5.36. The largest absolute Gasteiger partial charge is 0.292 e. The van der Waals surface area contributed by atoms with E-state index in [1.165, 1.54) is 0 Å². The molecular weight excluding hydrogens is 236 g/mol. The molecule has 3 N–H and O–H groups in total. The maximum atomic E-state index is 5.36. The van der Waals surface area contributed by atoms with Gasteiger partial charge in [0.25, 0.3) is 0 Å². The number of hydrogen-bond donors (Lipinski definition) is 2. The van der Waals surface area contributed by atoms with E-state index in [-0.39, 0.29) is 0 Å². The van der Waals surface area contributed by atoms with Crippen molar-refractivity contribution in [3.63, 3.8) is 0 Å². The number of nitrogens with two attached hydrogens (primary N) is 1. The van der Waals surface area contributed by atoms with Crippen molar-refractivity contribution in [3.8, 4) is 5.82 Å². The van der Waals surface area contributed by atoms with Crippen LogP contribution in [0.3, 0.4) is 0 Å². The van der Waals surface area contributed by atoms with E-state index in [4.69, 9.17) is 5.84 Å². The number of hydrogen-bond acceptors (Lipinski definition) is 6. The Morgan fingerprint density at radius 1 is 1.35 bits per heavy atom. The van der Waals surface area contributed by atoms with Gasteiger partial charge in [-0.2, -0.15) is 10.1 Å². The number of aromatic nitrogens is 4. The fourth-order valence-electron chi connectivity index (χ4n) is 1.61. The van der Waals surface area contributed by atoms with E-state index in [9.17, 15) is 0 Å². The summed E-state index contributed by atoms with van der Waals surface area (Å²) in [6.45, 7) is 1.94. The Hall–Kier alpha value is -1.99. The molecule has 0 aliphatic carbocycles. The van der Waals surface area contributed by atoms with Crippen molar-refractivity contribution in [2.24, 2.45) is 5.84 Å². The number of anilines is 1. The Morgan fingerprint density at radius 3 is 2.94 bits per heavy atom. The Kier molecular flexibility index (Phi) is 2.27. The van der Waals surface area contributed by atoms with Crippen LogP contribution in [0.2, 0.25) is 0 Å². The van der Waals surface area contributed by atoms with Crippen LogP contribution < -0.4 is 11.3 Å². The third-order valence-electron chi connectivity index (χ3n) is 2.37. The Balaban J connectivity index is 2.29. The van der Waals surface area contributed by atoms with Crippen LogP contribution in [0.5, 0.6) is 0 Å². The van der Waals surface area contributed by atoms with Gasteiger partial charge < -0.3 is 0 Å². The summed E-state index contributed by atoms with van der Waals surface area (Å²) in [5.74, 6) is 6.49. The summed E-state index contributed by atoms with van der Waals surface area (Å²) in [4.78, 5) is 9.50. The smallest absolute Gasteiger partial charge is 0.240 e. The van der Waals surface area contributed by atoms with Crippen LogP contribution in [0, 0.1) is 6.92 Å². The summed E-state index contributed by atoms with van der Waals surface area (Å²) in [7, 11) is 0. The Labute approximate surface area is 101 Å². The zero-order valence-corrected chi connectivity index (χ0v) is 9.90. The number of rotatable bonds is 2. The highest BCUT2D eigenvalue weighted by atomic mass is 32.1. The quantitative estimate of drug-likeness (QED) is 0.528. The lowest BCUT2D eigenvalue weighted by Gasteiger charge is -2.04. The van der Waals surface area contributed by atoms with Crippen molar-refractivity contribution in [1.82, 2.24) is 19.7 Å². The van der Waals surface area contributed by atoms with Crippen molar-refractivity contribution < 1.29 is 0 Å². The molecule has 3 rings (SSSR count). The third-order valence-corrected chi connectivity index (χ3v) is 3.18. The number of nitrogens with zero attached hydrogens (tertiary/aromatic N) is 4. The maximum Gasteiger partial charge on any atom is 0.240 e. The standard InChI is InChI=1S/C10H10N6S/c1-6-2-4-16(15-6)8-7-3-5-17-9(7)13-10(12-8)14-11/h2-5H,11H2,1H3,(H,12,13,14). The van der Waals surface area contributed by atoms with Gasteiger partial charge in [0, 0.05) is 6.20 Å². The predicted molar refractivity (Wildman–Crippen MR) is 67.1 cm³/mol. The number of nitrogens with one attached hydrogen (secondary N) is 1. The van der Waals surface area contributed by atoms with Gasteiger partial charge in [0.1, 0.15) is 4.83 Å². The van der Waals surface area contributed by atoms with E-state index >= 15 is 0 Å². The van der Waals surface area contributed by atoms with Crippen LogP contribution in [0.4, 0.5) is 5.95 Å². The Bertz CT molecular complexity index is 670. The number of fused-ring (bicyclic) bond motifs is 1. The van der Waals surface area contributed by atoms with Crippen LogP contribution >= 0.6 is 11.3 Å². The highest BCUT2D eigenvalue weighted by molar-refractivity contribution is 7.16. The van der Waals surface area contributed by atoms with Gasteiger partial charge >= 0.3 is 0 Å². The summed E-state index contributed by atoms with van der Waals surface area (Å²) in [5, 5.41) is 7.29. The molecule has 0 amide bonds. The monoisotopic (exact) mass is 246 g/mol. The van der Waals surface area contributed by atoms with Gasteiger partial charge in [0.2, 0.25) is 5.95 Å². The average Bonchev–Trinajstić information content (AvgIpc) is 2.95. The molecule has 0 radical (unpaired) electrons. The zero-order chi connectivity index (χ0) is 11.8. The summed E-state index contributed by atoms with van der Waals surface area (Å²) < 4.78 is 1.73. The molecule has 0 bridgehead atoms. The second-order valence-corrected chi connectivity index (χ2v) is 4.45. The molecule has 6 nitrogen and oxygen atoms in total. The summed E-state index contributed by atoms with van der Waals surface area (Å²) in [6, 6.07) is 3.91. The van der Waals surface area contributed by atoms with E-state index in [0.717, 1.165) is 21.7 Å². The van der Waals surface area contributed by atoms with Crippen LogP contribution in [0.1, 0.15) is 5.69 Å². The van der Waals surface area contributed by atoms with E-state index in [0.29, 0.717) is 5.95 Å². The van der Waals surface area contributed by atoms with Gasteiger partial charge in [-0.3, -0.25) is 5.43 Å². The van der Waals surface area contributed by atoms with Gasteiger partial charge in [-0.25, -0.2) is 15.5 Å². The molecule has 7 heteroatoms. The minimum atomic E-state index is 0.392. The molecule has 0 fully saturated rings. The van der Waals surface area contributed by atoms with E-state index in [2.05, 4.69) is 20.5 Å². The molecule has 0 aromatic carbocycles. The molecule has 0 saturated heterocycles. The molecule has 0 aliphatic rings. The minimum absolute atomic E-state index is 0.392. The highest BCUT2D eigenvalue weighted by Crippen LogP contribution is 2.24. The molecular formula is C10H10N6S. The van der Waals surface area contributed by atoms with Gasteiger partial charge in [-0.05, 0) is 24.4 Å². The first-order valence-electron chi connectivity index (χ1n) is 5.02. The number of nitrogen functional groups attached to an aromatic ring is 1. The van der Waals surface area contributed by atoms with Crippen LogP contribution in [0.15, 0.2) is 23.7 Å². The van der Waals surface area contributed by atoms with Crippen molar-refractivity contribution in [3.05, 3.63) is 29.4 Å².